The third-order valence-corrected chi connectivity index (χ3v) is 6.23. The highest BCUT2D eigenvalue weighted by Crippen LogP contribution is 2.37. The van der Waals surface area contributed by atoms with E-state index in [0.717, 1.165) is 30.6 Å². The molecule has 0 spiro atoms. The largest absolute Gasteiger partial charge is 0.370 e. The summed E-state index contributed by atoms with van der Waals surface area (Å²) in [5, 5.41) is 3.37. The van der Waals surface area contributed by atoms with Gasteiger partial charge in [-0.25, -0.2) is 4.39 Å². The molecule has 4 nitrogen and oxygen atoms in total. The molecule has 0 aromatic heterocycles. The maximum Gasteiger partial charge on any atom is 0.193 e. The normalized spacial score (nSPS) is 22.5. The smallest absolute Gasteiger partial charge is 0.193 e. The van der Waals surface area contributed by atoms with Crippen molar-refractivity contribution >= 4 is 23.2 Å². The lowest BCUT2D eigenvalue weighted by atomic mass is 9.94. The number of hydrogen-bond acceptors (Lipinski definition) is 2. The van der Waals surface area contributed by atoms with E-state index in [-0.39, 0.29) is 22.8 Å². The van der Waals surface area contributed by atoms with Crippen LogP contribution in [0.2, 0.25) is 5.02 Å². The number of halogens is 2. The van der Waals surface area contributed by atoms with Crippen molar-refractivity contribution in [1.29, 1.82) is 0 Å². The van der Waals surface area contributed by atoms with Crippen LogP contribution in [0.1, 0.15) is 35.6 Å². The molecule has 148 valence electrons. The number of rotatable bonds is 4. The quantitative estimate of drug-likeness (QED) is 0.591. The Morgan fingerprint density at radius 3 is 2.89 bits per heavy atom. The molecule has 1 aliphatic heterocycles. The van der Waals surface area contributed by atoms with E-state index in [2.05, 4.69) is 40.5 Å². The summed E-state index contributed by atoms with van der Waals surface area (Å²) in [5.41, 5.74) is 10.9. The molecule has 1 saturated heterocycles. The van der Waals surface area contributed by atoms with Crippen molar-refractivity contribution in [2.24, 2.45) is 16.6 Å². The fourth-order valence-corrected chi connectivity index (χ4v) is 4.61. The van der Waals surface area contributed by atoms with Gasteiger partial charge in [-0.3, -0.25) is 9.89 Å². The third-order valence-electron chi connectivity index (χ3n) is 5.93. The first-order valence-electron chi connectivity index (χ1n) is 9.85. The molecule has 1 fully saturated rings. The number of nitrogens with one attached hydrogen (secondary N) is 1. The van der Waals surface area contributed by atoms with Crippen molar-refractivity contribution in [3.05, 3.63) is 63.9 Å². The molecule has 2 atom stereocenters. The fourth-order valence-electron chi connectivity index (χ4n) is 4.49. The zero-order valence-corrected chi connectivity index (χ0v) is 16.8. The van der Waals surface area contributed by atoms with E-state index in [1.165, 1.54) is 30.0 Å². The van der Waals surface area contributed by atoms with Gasteiger partial charge in [0, 0.05) is 18.3 Å². The number of anilines is 1. The van der Waals surface area contributed by atoms with Crippen molar-refractivity contribution in [1.82, 2.24) is 4.90 Å². The highest BCUT2D eigenvalue weighted by molar-refractivity contribution is 6.30. The summed E-state index contributed by atoms with van der Waals surface area (Å²) in [7, 11) is 2.06. The number of nitrogens with two attached hydrogens (primary N) is 1. The molecular weight excluding hydrogens is 375 g/mol. The molecule has 2 aliphatic rings. The van der Waals surface area contributed by atoms with E-state index in [1.54, 1.807) is 6.07 Å². The molecule has 0 saturated carbocycles. The average Bonchev–Trinajstić information content (AvgIpc) is 3.28. The van der Waals surface area contributed by atoms with Crippen molar-refractivity contribution < 1.29 is 4.39 Å². The summed E-state index contributed by atoms with van der Waals surface area (Å²) in [6.07, 6.45) is 4.53. The van der Waals surface area contributed by atoms with Crippen LogP contribution in [0.15, 0.2) is 41.4 Å². The van der Waals surface area contributed by atoms with Gasteiger partial charge in [0.25, 0.3) is 0 Å². The first kappa shape index (κ1) is 19.2. The molecule has 0 radical (unpaired) electrons. The Morgan fingerprint density at radius 2 is 2.07 bits per heavy atom. The summed E-state index contributed by atoms with van der Waals surface area (Å²) in [6.45, 7) is 1.55. The second-order valence-electron chi connectivity index (χ2n) is 7.84. The maximum atomic E-state index is 13.9. The Morgan fingerprint density at radius 1 is 1.25 bits per heavy atom. The lowest BCUT2D eigenvalue weighted by molar-refractivity contribution is 0.279. The molecule has 1 heterocycles. The molecule has 2 aromatic carbocycles. The zero-order valence-electron chi connectivity index (χ0n) is 16.1. The lowest BCUT2D eigenvalue weighted by Crippen LogP contribution is -2.26. The van der Waals surface area contributed by atoms with E-state index < -0.39 is 0 Å². The van der Waals surface area contributed by atoms with Crippen LogP contribution in [0.5, 0.6) is 0 Å². The summed E-state index contributed by atoms with van der Waals surface area (Å²) in [4.78, 5) is 6.83. The predicted molar refractivity (Wildman–Crippen MR) is 113 cm³/mol. The van der Waals surface area contributed by atoms with Crippen molar-refractivity contribution in [3.63, 3.8) is 0 Å². The minimum Gasteiger partial charge on any atom is -0.370 e. The van der Waals surface area contributed by atoms with Crippen LogP contribution in [0.25, 0.3) is 0 Å². The Bertz CT molecular complexity index is 898. The van der Waals surface area contributed by atoms with E-state index in [0.29, 0.717) is 12.5 Å². The minimum absolute atomic E-state index is 0.114. The summed E-state index contributed by atoms with van der Waals surface area (Å²) in [6, 6.07) is 11.6. The van der Waals surface area contributed by atoms with Crippen LogP contribution in [-0.2, 0) is 12.8 Å². The molecule has 2 aromatic rings. The number of nitrogens with zero attached hydrogens (tertiary/aromatic N) is 2. The van der Waals surface area contributed by atoms with Crippen molar-refractivity contribution in [3.8, 4) is 0 Å². The Hall–Kier alpha value is -2.11. The maximum absolute atomic E-state index is 13.9. The molecule has 6 heteroatoms. The van der Waals surface area contributed by atoms with Gasteiger partial charge in [0.05, 0.1) is 5.02 Å². The van der Waals surface area contributed by atoms with Crippen LogP contribution in [-0.4, -0.2) is 31.0 Å². The SMILES string of the molecule is CN1CCC(CN=C(N)Nc2ccc3c(c2)CCC3)C1c1ccc(Cl)c(F)c1. The number of guanidine groups is 1. The van der Waals surface area contributed by atoms with E-state index >= 15 is 0 Å². The lowest BCUT2D eigenvalue weighted by Gasteiger charge is -2.25. The molecule has 0 amide bonds. The Kier molecular flexibility index (Phi) is 5.56. The number of likely N-dealkylation sites (tertiary alicyclic amines) is 1. The van der Waals surface area contributed by atoms with Gasteiger partial charge in [-0.15, -0.1) is 0 Å². The Balaban J connectivity index is 1.44. The third kappa shape index (κ3) is 4.01. The second kappa shape index (κ2) is 8.10. The standard InChI is InChI=1S/C22H26ClFN4/c1-28-10-9-17(21(28)16-6-8-19(23)20(24)12-16)13-26-22(25)27-18-7-5-14-3-2-4-15(14)11-18/h5-8,11-12,17,21H,2-4,9-10,13H2,1H3,(H3,25,26,27). The molecular formula is C22H26ClFN4. The summed E-state index contributed by atoms with van der Waals surface area (Å²) < 4.78 is 13.9. The van der Waals surface area contributed by atoms with Gasteiger partial charge in [0.15, 0.2) is 5.96 Å². The van der Waals surface area contributed by atoms with Crippen LogP contribution >= 0.6 is 11.6 Å². The number of fused-ring (bicyclic) bond motifs is 1. The highest BCUT2D eigenvalue weighted by atomic mass is 35.5. The molecule has 28 heavy (non-hydrogen) atoms. The van der Waals surface area contributed by atoms with Crippen molar-refractivity contribution in [2.75, 3.05) is 25.5 Å². The highest BCUT2D eigenvalue weighted by Gasteiger charge is 2.33. The van der Waals surface area contributed by atoms with E-state index in [1.807, 2.05) is 6.07 Å². The van der Waals surface area contributed by atoms with Gasteiger partial charge in [-0.05, 0) is 86.1 Å². The van der Waals surface area contributed by atoms with Crippen LogP contribution in [0, 0.1) is 11.7 Å². The average molecular weight is 401 g/mol. The molecule has 4 rings (SSSR count). The molecule has 1 aliphatic carbocycles. The Labute approximate surface area is 170 Å². The molecule has 2 unspecified atom stereocenters. The monoisotopic (exact) mass is 400 g/mol. The van der Waals surface area contributed by atoms with Crippen LogP contribution < -0.4 is 11.1 Å². The topological polar surface area (TPSA) is 53.6 Å². The van der Waals surface area contributed by atoms with Crippen LogP contribution in [0.4, 0.5) is 10.1 Å². The number of aryl methyl sites for hydroxylation is 2. The first-order valence-corrected chi connectivity index (χ1v) is 10.2. The number of benzene rings is 2. The summed E-state index contributed by atoms with van der Waals surface area (Å²) >= 11 is 5.84. The van der Waals surface area contributed by atoms with Gasteiger partial charge in [0.1, 0.15) is 5.82 Å². The minimum atomic E-state index is -0.375. The van der Waals surface area contributed by atoms with E-state index in [4.69, 9.17) is 17.3 Å². The number of hydrogen-bond donors (Lipinski definition) is 2. The fraction of sp³-hybridized carbons (Fsp3) is 0.409. The number of aliphatic imine (C=N–C) groups is 1. The van der Waals surface area contributed by atoms with Gasteiger partial charge in [0.2, 0.25) is 0 Å². The zero-order chi connectivity index (χ0) is 19.7. The first-order chi connectivity index (χ1) is 13.5. The molecule has 0 bridgehead atoms. The van der Waals surface area contributed by atoms with Crippen molar-refractivity contribution in [2.45, 2.75) is 31.7 Å². The van der Waals surface area contributed by atoms with Gasteiger partial charge < -0.3 is 11.1 Å². The summed E-state index contributed by atoms with van der Waals surface area (Å²) in [5.74, 6) is 0.332. The van der Waals surface area contributed by atoms with Gasteiger partial charge in [-0.1, -0.05) is 23.7 Å². The predicted octanol–water partition coefficient (Wildman–Crippen LogP) is 4.39. The van der Waals surface area contributed by atoms with Gasteiger partial charge >= 0.3 is 0 Å². The second-order valence-corrected chi connectivity index (χ2v) is 8.24. The van der Waals surface area contributed by atoms with Gasteiger partial charge in [-0.2, -0.15) is 0 Å². The molecule has 3 N–H and O–H groups in total. The van der Waals surface area contributed by atoms with Crippen LogP contribution in [0.3, 0.4) is 0 Å². The van der Waals surface area contributed by atoms with E-state index in [9.17, 15) is 4.39 Å².